The third kappa shape index (κ3) is 3.77. The summed E-state index contributed by atoms with van der Waals surface area (Å²) in [6, 6.07) is 27.8. The van der Waals surface area contributed by atoms with Crippen LogP contribution in [-0.2, 0) is 15.1 Å². The standard InChI is InChI=1S/C31H23FN2O6/c32-27-26(40-30(37)19-14-16-21(17-15-19)34(38)39)18-33(28(27)29(35)36)31(20-8-2-1-3-9-20)24-12-6-4-10-22(24)23-11-5-7-13-25(23)31/h1-17,26-28H,18H2,(H,35,36)/t26-,27+,28-/m1/s1. The van der Waals surface area contributed by atoms with Gasteiger partial charge in [-0.2, -0.15) is 0 Å². The van der Waals surface area contributed by atoms with E-state index >= 15 is 4.39 Å². The second kappa shape index (κ2) is 9.69. The molecule has 1 fully saturated rings. The zero-order valence-electron chi connectivity index (χ0n) is 21.0. The number of ether oxygens (including phenoxy) is 1. The highest BCUT2D eigenvalue weighted by molar-refractivity contribution is 5.90. The van der Waals surface area contributed by atoms with Crippen LogP contribution in [0.5, 0.6) is 0 Å². The number of halogens is 1. The molecule has 8 nitrogen and oxygen atoms in total. The first kappa shape index (κ1) is 25.4. The zero-order chi connectivity index (χ0) is 28.0. The number of nitrogens with zero attached hydrogens (tertiary/aromatic N) is 2. The Kier molecular flexibility index (Phi) is 6.15. The third-order valence-corrected chi connectivity index (χ3v) is 7.74. The Balaban J connectivity index is 1.47. The van der Waals surface area contributed by atoms with E-state index in [-0.39, 0.29) is 17.8 Å². The Labute approximate surface area is 228 Å². The largest absolute Gasteiger partial charge is 0.480 e. The maximum atomic E-state index is 16.1. The van der Waals surface area contributed by atoms with Crippen LogP contribution in [0.1, 0.15) is 27.0 Å². The number of aliphatic carboxylic acids is 1. The first-order valence-corrected chi connectivity index (χ1v) is 12.7. The highest BCUT2D eigenvalue weighted by Gasteiger charge is 2.60. The van der Waals surface area contributed by atoms with Gasteiger partial charge in [0.05, 0.1) is 16.0 Å². The minimum absolute atomic E-state index is 0.00236. The summed E-state index contributed by atoms with van der Waals surface area (Å²) in [5.74, 6) is -2.27. The molecule has 9 heteroatoms. The summed E-state index contributed by atoms with van der Waals surface area (Å²) in [5, 5.41) is 21.3. The molecule has 2 aliphatic rings. The Bertz CT molecular complexity index is 1580. The van der Waals surface area contributed by atoms with Gasteiger partial charge in [0.1, 0.15) is 12.1 Å². The van der Waals surface area contributed by atoms with Crippen molar-refractivity contribution < 1.29 is 28.7 Å². The number of hydrogen-bond donors (Lipinski definition) is 1. The molecule has 6 rings (SSSR count). The summed E-state index contributed by atoms with van der Waals surface area (Å²) >= 11 is 0. The minimum atomic E-state index is -2.04. The quantitative estimate of drug-likeness (QED) is 0.204. The molecule has 1 aliphatic heterocycles. The molecule has 0 unspecified atom stereocenters. The number of nitro benzene ring substituents is 1. The van der Waals surface area contributed by atoms with Crippen molar-refractivity contribution in [3.63, 3.8) is 0 Å². The fourth-order valence-electron chi connectivity index (χ4n) is 6.10. The predicted molar refractivity (Wildman–Crippen MR) is 144 cm³/mol. The van der Waals surface area contributed by atoms with Crippen LogP contribution >= 0.6 is 0 Å². The summed E-state index contributed by atoms with van der Waals surface area (Å²) in [5.41, 5.74) is 2.81. The average molecular weight is 539 g/mol. The van der Waals surface area contributed by atoms with E-state index in [1.54, 1.807) is 4.90 Å². The lowest BCUT2D eigenvalue weighted by atomic mass is 9.78. The topological polar surface area (TPSA) is 110 Å². The molecule has 0 spiro atoms. The highest BCUT2D eigenvalue weighted by Crippen LogP contribution is 2.56. The van der Waals surface area contributed by atoms with Crippen molar-refractivity contribution in [3.8, 4) is 11.1 Å². The molecule has 1 heterocycles. The molecule has 0 radical (unpaired) electrons. The fourth-order valence-corrected chi connectivity index (χ4v) is 6.10. The Hall–Kier alpha value is -4.89. The van der Waals surface area contributed by atoms with Crippen LogP contribution < -0.4 is 0 Å². The van der Waals surface area contributed by atoms with Gasteiger partial charge in [-0.05, 0) is 39.9 Å². The number of hydrogen-bond acceptors (Lipinski definition) is 6. The first-order valence-electron chi connectivity index (χ1n) is 12.7. The van der Waals surface area contributed by atoms with E-state index in [1.165, 1.54) is 12.1 Å². The van der Waals surface area contributed by atoms with Crippen molar-refractivity contribution in [2.45, 2.75) is 23.9 Å². The number of carboxylic acids is 1. The van der Waals surface area contributed by atoms with Gasteiger partial charge >= 0.3 is 11.9 Å². The molecule has 3 atom stereocenters. The summed E-state index contributed by atoms with van der Waals surface area (Å²) in [6.45, 7) is -0.200. The number of carbonyl (C=O) groups excluding carboxylic acids is 1. The second-order valence-corrected chi connectivity index (χ2v) is 9.80. The van der Waals surface area contributed by atoms with E-state index in [0.717, 1.165) is 39.9 Å². The fraction of sp³-hybridized carbons (Fsp3) is 0.161. The highest BCUT2D eigenvalue weighted by atomic mass is 19.1. The molecule has 1 saturated heterocycles. The molecule has 200 valence electrons. The number of rotatable bonds is 6. The van der Waals surface area contributed by atoms with Crippen molar-refractivity contribution >= 4 is 17.6 Å². The van der Waals surface area contributed by atoms with Gasteiger partial charge in [-0.1, -0.05) is 78.9 Å². The van der Waals surface area contributed by atoms with Crippen LogP contribution in [-0.4, -0.2) is 51.7 Å². The van der Waals surface area contributed by atoms with Crippen molar-refractivity contribution in [1.29, 1.82) is 0 Å². The number of carbonyl (C=O) groups is 2. The number of esters is 1. The van der Waals surface area contributed by atoms with Gasteiger partial charge in [0.15, 0.2) is 6.17 Å². The molecule has 4 aromatic carbocycles. The van der Waals surface area contributed by atoms with Gasteiger partial charge in [-0.3, -0.25) is 19.8 Å². The van der Waals surface area contributed by atoms with Crippen molar-refractivity contribution in [2.24, 2.45) is 0 Å². The van der Waals surface area contributed by atoms with Crippen molar-refractivity contribution in [3.05, 3.63) is 135 Å². The first-order chi connectivity index (χ1) is 19.3. The van der Waals surface area contributed by atoms with E-state index in [4.69, 9.17) is 4.74 Å². The van der Waals surface area contributed by atoms with Gasteiger partial charge < -0.3 is 9.84 Å². The van der Waals surface area contributed by atoms with Gasteiger partial charge in [0.25, 0.3) is 5.69 Å². The van der Waals surface area contributed by atoms with E-state index in [2.05, 4.69) is 0 Å². The van der Waals surface area contributed by atoms with E-state index in [0.29, 0.717) is 0 Å². The maximum Gasteiger partial charge on any atom is 0.338 e. The maximum absolute atomic E-state index is 16.1. The van der Waals surface area contributed by atoms with Crippen LogP contribution in [0, 0.1) is 10.1 Å². The van der Waals surface area contributed by atoms with Crippen molar-refractivity contribution in [1.82, 2.24) is 4.90 Å². The lowest BCUT2D eigenvalue weighted by Crippen LogP contribution is -2.53. The molecule has 1 N–H and O–H groups in total. The lowest BCUT2D eigenvalue weighted by Gasteiger charge is -2.43. The van der Waals surface area contributed by atoms with E-state index in [1.807, 2.05) is 78.9 Å². The number of likely N-dealkylation sites (tertiary alicyclic amines) is 1. The van der Waals surface area contributed by atoms with Gasteiger partial charge in [0, 0.05) is 18.7 Å². The molecule has 40 heavy (non-hydrogen) atoms. The van der Waals surface area contributed by atoms with Crippen LogP contribution in [0.15, 0.2) is 103 Å². The van der Waals surface area contributed by atoms with E-state index in [9.17, 15) is 24.8 Å². The molecule has 0 aromatic heterocycles. The smallest absolute Gasteiger partial charge is 0.338 e. The SMILES string of the molecule is O=C(O[C@@H]1CN(C2(c3ccccc3)c3ccccc3-c3ccccc32)[C@@H](C(=O)O)[C@H]1F)c1ccc([N+](=O)[O-])cc1. The molecular formula is C31H23FN2O6. The predicted octanol–water partition coefficient (Wildman–Crippen LogP) is 5.20. The average Bonchev–Trinajstić information content (AvgIpc) is 3.46. The van der Waals surface area contributed by atoms with Crippen LogP contribution in [0.4, 0.5) is 10.1 Å². The van der Waals surface area contributed by atoms with Gasteiger partial charge in [0.2, 0.25) is 0 Å². The molecule has 4 aromatic rings. The number of carboxylic acid groups (broad SMARTS) is 1. The van der Waals surface area contributed by atoms with Crippen LogP contribution in [0.2, 0.25) is 0 Å². The van der Waals surface area contributed by atoms with Crippen LogP contribution in [0.3, 0.4) is 0 Å². The Morgan fingerprint density at radius 2 is 1.43 bits per heavy atom. The number of nitro groups is 1. The summed E-state index contributed by atoms with van der Waals surface area (Å²) in [4.78, 5) is 37.6. The monoisotopic (exact) mass is 538 g/mol. The molecule has 0 bridgehead atoms. The third-order valence-electron chi connectivity index (χ3n) is 7.74. The summed E-state index contributed by atoms with van der Waals surface area (Å²) in [7, 11) is 0. The molecular weight excluding hydrogens is 515 g/mol. The number of benzene rings is 4. The normalized spacial score (nSPS) is 20.9. The number of non-ortho nitro benzene ring substituents is 1. The molecule has 1 aliphatic carbocycles. The second-order valence-electron chi connectivity index (χ2n) is 9.80. The molecule has 0 saturated carbocycles. The summed E-state index contributed by atoms with van der Waals surface area (Å²) < 4.78 is 21.6. The number of alkyl halides is 1. The Morgan fingerprint density at radius 1 is 0.875 bits per heavy atom. The van der Waals surface area contributed by atoms with Gasteiger partial charge in [-0.15, -0.1) is 0 Å². The lowest BCUT2D eigenvalue weighted by molar-refractivity contribution is -0.384. The minimum Gasteiger partial charge on any atom is -0.480 e. The Morgan fingerprint density at radius 3 is 1.98 bits per heavy atom. The zero-order valence-corrected chi connectivity index (χ0v) is 21.0. The van der Waals surface area contributed by atoms with Crippen molar-refractivity contribution in [2.75, 3.05) is 6.54 Å². The summed E-state index contributed by atoms with van der Waals surface area (Å²) in [6.07, 6.45) is -3.44. The van der Waals surface area contributed by atoms with Crippen LogP contribution in [0.25, 0.3) is 11.1 Å². The van der Waals surface area contributed by atoms with E-state index < -0.39 is 40.7 Å². The number of fused-ring (bicyclic) bond motifs is 3. The molecule has 0 amide bonds. The van der Waals surface area contributed by atoms with Gasteiger partial charge in [-0.25, -0.2) is 9.18 Å².